The van der Waals surface area contributed by atoms with Crippen LogP contribution in [0.2, 0.25) is 0 Å². The highest BCUT2D eigenvalue weighted by atomic mass is 19.1. The summed E-state index contributed by atoms with van der Waals surface area (Å²) in [4.78, 5) is 11.2. The summed E-state index contributed by atoms with van der Waals surface area (Å²) in [6, 6.07) is 7.03. The van der Waals surface area contributed by atoms with E-state index in [4.69, 9.17) is 5.11 Å². The Hall–Kier alpha value is -2.49. The van der Waals surface area contributed by atoms with E-state index < -0.39 is 17.6 Å². The second kappa shape index (κ2) is 5.37. The highest BCUT2D eigenvalue weighted by molar-refractivity contribution is 5.91. The number of hydrogen-bond donors (Lipinski definition) is 1. The van der Waals surface area contributed by atoms with E-state index in [-0.39, 0.29) is 5.56 Å². The molecule has 2 aromatic rings. The lowest BCUT2D eigenvalue weighted by Crippen LogP contribution is -2.07. The third kappa shape index (κ3) is 2.41. The molecule has 3 rings (SSSR count). The predicted octanol–water partition coefficient (Wildman–Crippen LogP) is 4.35. The van der Waals surface area contributed by atoms with Crippen molar-refractivity contribution in [3.63, 3.8) is 0 Å². The normalized spacial score (nSPS) is 13.5. The maximum absolute atomic E-state index is 14.3. The van der Waals surface area contributed by atoms with Gasteiger partial charge in [0.2, 0.25) is 0 Å². The highest BCUT2D eigenvalue weighted by Gasteiger charge is 2.21. The van der Waals surface area contributed by atoms with Gasteiger partial charge in [0.15, 0.2) is 0 Å². The van der Waals surface area contributed by atoms with Crippen LogP contribution in [0.4, 0.5) is 8.78 Å². The molecule has 1 aliphatic rings. The van der Waals surface area contributed by atoms with Crippen molar-refractivity contribution >= 4 is 11.5 Å². The molecule has 1 N–H and O–H groups in total. The molecule has 0 unspecified atom stereocenters. The van der Waals surface area contributed by atoms with Gasteiger partial charge in [-0.05, 0) is 60.2 Å². The first-order chi connectivity index (χ1) is 10.5. The van der Waals surface area contributed by atoms with E-state index in [1.165, 1.54) is 6.07 Å². The largest absolute Gasteiger partial charge is 0.478 e. The third-order valence-electron chi connectivity index (χ3n) is 3.93. The fourth-order valence-corrected chi connectivity index (χ4v) is 2.94. The lowest BCUT2D eigenvalue weighted by atomic mass is 9.84. The minimum Gasteiger partial charge on any atom is -0.478 e. The molecular weight excluding hydrogens is 286 g/mol. The molecule has 1 aliphatic carbocycles. The van der Waals surface area contributed by atoms with Crippen LogP contribution in [0.3, 0.4) is 0 Å². The van der Waals surface area contributed by atoms with Gasteiger partial charge in [-0.3, -0.25) is 0 Å². The summed E-state index contributed by atoms with van der Waals surface area (Å²) in [5, 5.41) is 9.15. The standard InChI is InChI=1S/C18H14F2O2/c1-10-7-13(19)9-16(20)17(10)14-4-2-3-11-5-6-12(18(21)22)8-15(11)14/h4-9H,2-3H2,1H3,(H,21,22). The van der Waals surface area contributed by atoms with Crippen LogP contribution >= 0.6 is 0 Å². The van der Waals surface area contributed by atoms with Crippen molar-refractivity contribution in [3.8, 4) is 0 Å². The first-order valence-electron chi connectivity index (χ1n) is 7.00. The van der Waals surface area contributed by atoms with Crippen LogP contribution in [0.1, 0.15) is 39.0 Å². The van der Waals surface area contributed by atoms with Gasteiger partial charge in [0.05, 0.1) is 5.56 Å². The number of carbonyl (C=O) groups is 1. The number of rotatable bonds is 2. The highest BCUT2D eigenvalue weighted by Crippen LogP contribution is 2.35. The van der Waals surface area contributed by atoms with Crippen LogP contribution in [0.25, 0.3) is 5.57 Å². The summed E-state index contributed by atoms with van der Waals surface area (Å²) in [6.45, 7) is 1.65. The Morgan fingerprint density at radius 3 is 2.64 bits per heavy atom. The summed E-state index contributed by atoms with van der Waals surface area (Å²) in [7, 11) is 0. The van der Waals surface area contributed by atoms with Crippen LogP contribution in [0.15, 0.2) is 36.4 Å². The molecule has 0 saturated carbocycles. The van der Waals surface area contributed by atoms with E-state index in [9.17, 15) is 13.6 Å². The molecule has 2 nitrogen and oxygen atoms in total. The van der Waals surface area contributed by atoms with Crippen LogP contribution in [0, 0.1) is 18.6 Å². The molecule has 0 aromatic heterocycles. The second-order valence-electron chi connectivity index (χ2n) is 5.41. The predicted molar refractivity (Wildman–Crippen MR) is 79.9 cm³/mol. The first kappa shape index (κ1) is 14.4. The van der Waals surface area contributed by atoms with E-state index in [0.29, 0.717) is 22.3 Å². The summed E-state index contributed by atoms with van der Waals surface area (Å²) in [5.41, 5.74) is 3.32. The second-order valence-corrected chi connectivity index (χ2v) is 5.41. The molecule has 4 heteroatoms. The molecule has 0 aliphatic heterocycles. The molecule has 0 radical (unpaired) electrons. The minimum absolute atomic E-state index is 0.159. The summed E-state index contributed by atoms with van der Waals surface area (Å²) in [5.74, 6) is -2.27. The summed E-state index contributed by atoms with van der Waals surface area (Å²) >= 11 is 0. The van der Waals surface area contributed by atoms with E-state index >= 15 is 0 Å². The molecule has 0 fully saturated rings. The van der Waals surface area contributed by atoms with Gasteiger partial charge in [0, 0.05) is 11.6 Å². The summed E-state index contributed by atoms with van der Waals surface area (Å²) in [6.07, 6.45) is 3.41. The zero-order valence-corrected chi connectivity index (χ0v) is 12.0. The number of carboxylic acid groups (broad SMARTS) is 1. The van der Waals surface area contributed by atoms with Gasteiger partial charge in [-0.25, -0.2) is 13.6 Å². The first-order valence-corrected chi connectivity index (χ1v) is 7.00. The SMILES string of the molecule is Cc1cc(F)cc(F)c1C1=CCCc2ccc(C(=O)O)cc21. The van der Waals surface area contributed by atoms with Gasteiger partial charge >= 0.3 is 5.97 Å². The lowest BCUT2D eigenvalue weighted by molar-refractivity contribution is 0.0697. The Bertz CT molecular complexity index is 784. The van der Waals surface area contributed by atoms with Gasteiger partial charge in [0.1, 0.15) is 11.6 Å². The quantitative estimate of drug-likeness (QED) is 0.895. The average molecular weight is 300 g/mol. The Kier molecular flexibility index (Phi) is 3.53. The monoisotopic (exact) mass is 300 g/mol. The van der Waals surface area contributed by atoms with Crippen LogP contribution in [-0.2, 0) is 6.42 Å². The smallest absolute Gasteiger partial charge is 0.335 e. The molecule has 0 bridgehead atoms. The zero-order chi connectivity index (χ0) is 15.9. The van der Waals surface area contributed by atoms with Crippen molar-refractivity contribution in [2.45, 2.75) is 19.8 Å². The number of hydrogen-bond acceptors (Lipinski definition) is 1. The fourth-order valence-electron chi connectivity index (χ4n) is 2.94. The molecule has 0 heterocycles. The molecular formula is C18H14F2O2. The van der Waals surface area contributed by atoms with Gasteiger partial charge in [-0.2, -0.15) is 0 Å². The number of halogens is 2. The molecule has 112 valence electrons. The van der Waals surface area contributed by atoms with Crippen molar-refractivity contribution in [2.24, 2.45) is 0 Å². The zero-order valence-electron chi connectivity index (χ0n) is 12.0. The van der Waals surface area contributed by atoms with Gasteiger partial charge in [-0.15, -0.1) is 0 Å². The van der Waals surface area contributed by atoms with Crippen LogP contribution in [-0.4, -0.2) is 11.1 Å². The minimum atomic E-state index is -1.02. The number of allylic oxidation sites excluding steroid dienone is 1. The Morgan fingerprint density at radius 2 is 1.95 bits per heavy atom. The maximum Gasteiger partial charge on any atom is 0.335 e. The molecule has 0 atom stereocenters. The number of aryl methyl sites for hydroxylation is 2. The molecule has 2 aromatic carbocycles. The molecule has 0 spiro atoms. The Morgan fingerprint density at radius 1 is 1.18 bits per heavy atom. The van der Waals surface area contributed by atoms with Crippen LogP contribution < -0.4 is 0 Å². The number of carboxylic acids is 1. The summed E-state index contributed by atoms with van der Waals surface area (Å²) < 4.78 is 27.6. The fraction of sp³-hybridized carbons (Fsp3) is 0.167. The van der Waals surface area contributed by atoms with E-state index in [2.05, 4.69) is 0 Å². The van der Waals surface area contributed by atoms with Crippen molar-refractivity contribution in [1.29, 1.82) is 0 Å². The molecule has 22 heavy (non-hydrogen) atoms. The van der Waals surface area contributed by atoms with Gasteiger partial charge < -0.3 is 5.11 Å². The van der Waals surface area contributed by atoms with Crippen LogP contribution in [0.5, 0.6) is 0 Å². The molecule has 0 amide bonds. The van der Waals surface area contributed by atoms with Gasteiger partial charge in [0.25, 0.3) is 0 Å². The Labute approximate surface area is 126 Å². The lowest BCUT2D eigenvalue weighted by Gasteiger charge is -2.20. The third-order valence-corrected chi connectivity index (χ3v) is 3.93. The van der Waals surface area contributed by atoms with Crippen molar-refractivity contribution in [1.82, 2.24) is 0 Å². The Balaban J connectivity index is 2.21. The van der Waals surface area contributed by atoms with Crippen molar-refractivity contribution in [3.05, 3.63) is 75.9 Å². The van der Waals surface area contributed by atoms with Crippen molar-refractivity contribution < 1.29 is 18.7 Å². The van der Waals surface area contributed by atoms with Gasteiger partial charge in [-0.1, -0.05) is 12.1 Å². The number of aromatic carboxylic acids is 1. The van der Waals surface area contributed by atoms with E-state index in [1.807, 2.05) is 6.08 Å². The topological polar surface area (TPSA) is 37.3 Å². The average Bonchev–Trinajstić information content (AvgIpc) is 2.45. The molecule has 0 saturated heterocycles. The van der Waals surface area contributed by atoms with Crippen molar-refractivity contribution in [2.75, 3.05) is 0 Å². The van der Waals surface area contributed by atoms with E-state index in [1.54, 1.807) is 25.1 Å². The number of benzene rings is 2. The van der Waals surface area contributed by atoms with E-state index in [0.717, 1.165) is 24.5 Å². The maximum atomic E-state index is 14.3. The number of fused-ring (bicyclic) bond motifs is 1.